The van der Waals surface area contributed by atoms with E-state index >= 15 is 0 Å². The maximum atomic E-state index is 12.9. The number of halogens is 1. The van der Waals surface area contributed by atoms with E-state index in [0.717, 1.165) is 59.3 Å². The maximum absolute atomic E-state index is 12.9. The van der Waals surface area contributed by atoms with Crippen LogP contribution in [-0.4, -0.2) is 99.2 Å². The number of methoxy groups -OCH3 is 2. The van der Waals surface area contributed by atoms with Gasteiger partial charge in [-0.25, -0.2) is 26.8 Å². The summed E-state index contributed by atoms with van der Waals surface area (Å²) in [6, 6.07) is 21.9. The lowest BCUT2D eigenvalue weighted by molar-refractivity contribution is 0.0809. The number of carbonyl (C=O) groups excluding carboxylic acids is 2. The number of hydrogen-bond donors (Lipinski definition) is 3. The lowest BCUT2D eigenvalue weighted by atomic mass is 10.1. The summed E-state index contributed by atoms with van der Waals surface area (Å²) in [6.45, 7) is 1.85. The van der Waals surface area contributed by atoms with Crippen molar-refractivity contribution in [2.24, 2.45) is 0 Å². The molecule has 0 saturated heterocycles. The van der Waals surface area contributed by atoms with E-state index in [0.29, 0.717) is 95.6 Å². The fourth-order valence-corrected chi connectivity index (χ4v) is 10.5. The second-order valence-corrected chi connectivity index (χ2v) is 22.6. The molecular weight excluding hydrogens is 966 g/mol. The summed E-state index contributed by atoms with van der Waals surface area (Å²) in [5, 5.41) is 6.63. The van der Waals surface area contributed by atoms with E-state index in [1.807, 2.05) is 36.4 Å². The molecule has 20 heteroatoms. The third-order valence-electron chi connectivity index (χ3n) is 12.3. The molecule has 4 aliphatic rings. The SMILES string of the molecule is CN1Cc2nc(Cl)cc(Nc3ccc(C4CC4)cc3S(C)(=O)=O)c2C1=O.COCc1ccnc(Cc2cc(Nc3ccc(C4CC4)cc3S(C)(=O)=O)c3c(n2)CN(C)C3=O)c1.COCc1ccnc(N)c1. The molecule has 0 spiro atoms. The van der Waals surface area contributed by atoms with Crippen molar-refractivity contribution in [2.75, 3.05) is 57.2 Å². The minimum absolute atomic E-state index is 0.141. The third-order valence-corrected chi connectivity index (χ3v) is 14.7. The molecule has 0 bridgehead atoms. The molecule has 4 N–H and O–H groups in total. The molecule has 2 amide bonds. The highest BCUT2D eigenvalue weighted by atomic mass is 35.5. The summed E-state index contributed by atoms with van der Waals surface area (Å²) in [7, 11) is -0.203. The number of sulfone groups is 2. The van der Waals surface area contributed by atoms with Gasteiger partial charge < -0.3 is 35.6 Å². The molecule has 2 saturated carbocycles. The van der Waals surface area contributed by atoms with Crippen LogP contribution in [0.25, 0.3) is 0 Å². The van der Waals surface area contributed by atoms with Crippen LogP contribution < -0.4 is 16.4 Å². The van der Waals surface area contributed by atoms with Gasteiger partial charge in [0, 0.05) is 71.0 Å². The van der Waals surface area contributed by atoms with Crippen molar-refractivity contribution in [2.45, 2.75) is 80.0 Å². The standard InChI is InChI=1S/C26H28N4O4S.C18H18ClN3O3S.C7H10N2O/c1-30-14-23-25(26(30)31)22(13-20(28-23)12-19-10-16(15-34-2)8-9-27-19)29-21-7-6-18(17-4-5-17)11-24(21)35(3,32)33;1-22-9-14-17(18(22)23)13(8-16(19)21-14)20-12-6-5-11(10-3-4-10)7-15(12)26(2,24)25;1-10-5-6-2-3-9-7(8)4-6/h6-11,13,17H,4-5,12,14-15H2,1-3H3,(H,28,29);5-8,10H,3-4,9H2,1-2H3,(H,20,21);2-4H,5H2,1H3,(H2,8,9). The number of fused-ring (bicyclic) bond motifs is 2. The molecule has 0 radical (unpaired) electrons. The minimum atomic E-state index is -3.48. The number of carbonyl (C=O) groups is 2. The first-order chi connectivity index (χ1) is 33.8. The molecule has 372 valence electrons. The number of aromatic nitrogens is 4. The Morgan fingerprint density at radius 2 is 1.11 bits per heavy atom. The van der Waals surface area contributed by atoms with Crippen molar-refractivity contribution in [1.82, 2.24) is 29.7 Å². The fraction of sp³-hybridized carbons (Fsp3) is 0.333. The van der Waals surface area contributed by atoms with Crippen LogP contribution in [0.5, 0.6) is 0 Å². The van der Waals surface area contributed by atoms with Crippen molar-refractivity contribution in [3.8, 4) is 0 Å². The highest BCUT2D eigenvalue weighted by Gasteiger charge is 2.33. The highest BCUT2D eigenvalue weighted by molar-refractivity contribution is 7.91. The van der Waals surface area contributed by atoms with E-state index in [9.17, 15) is 26.4 Å². The van der Waals surface area contributed by atoms with E-state index < -0.39 is 19.7 Å². The van der Waals surface area contributed by atoms with E-state index in [-0.39, 0.29) is 26.8 Å². The van der Waals surface area contributed by atoms with Gasteiger partial charge in [0.1, 0.15) is 11.0 Å². The molecule has 2 aromatic carbocycles. The number of nitrogens with two attached hydrogens (primary N) is 1. The summed E-state index contributed by atoms with van der Waals surface area (Å²) in [6.07, 6.45) is 10.6. The van der Waals surface area contributed by atoms with Crippen LogP contribution in [0.15, 0.2) is 95.0 Å². The molecule has 0 atom stereocenters. The van der Waals surface area contributed by atoms with Gasteiger partial charge in [0.25, 0.3) is 11.8 Å². The predicted molar refractivity (Wildman–Crippen MR) is 272 cm³/mol. The van der Waals surface area contributed by atoms with Gasteiger partial charge in [0.2, 0.25) is 0 Å². The van der Waals surface area contributed by atoms with Crippen LogP contribution in [0.3, 0.4) is 0 Å². The first-order valence-corrected chi connectivity index (χ1v) is 27.0. The molecule has 2 fully saturated rings. The van der Waals surface area contributed by atoms with Gasteiger partial charge in [0.15, 0.2) is 19.7 Å². The van der Waals surface area contributed by atoms with Gasteiger partial charge in [-0.05, 0) is 120 Å². The first kappa shape index (κ1) is 50.9. The van der Waals surface area contributed by atoms with E-state index in [1.165, 1.54) is 12.5 Å². The average molecular weight is 1020 g/mol. The Balaban J connectivity index is 0.000000164. The van der Waals surface area contributed by atoms with Crippen molar-refractivity contribution in [3.63, 3.8) is 0 Å². The van der Waals surface area contributed by atoms with Gasteiger partial charge in [-0.1, -0.05) is 23.7 Å². The molecule has 2 aliphatic heterocycles. The third kappa shape index (κ3) is 12.3. The molecule has 10 rings (SSSR count). The van der Waals surface area contributed by atoms with Crippen LogP contribution in [0.2, 0.25) is 5.15 Å². The Hall–Kier alpha value is -6.51. The van der Waals surface area contributed by atoms with Crippen molar-refractivity contribution < 1.29 is 35.9 Å². The summed E-state index contributed by atoms with van der Waals surface area (Å²) in [5.74, 6) is 1.10. The molecule has 2 aliphatic carbocycles. The maximum Gasteiger partial charge on any atom is 0.257 e. The fourth-order valence-electron chi connectivity index (χ4n) is 8.54. The molecule has 6 aromatic rings. The summed E-state index contributed by atoms with van der Waals surface area (Å²) < 4.78 is 60.0. The number of nitrogens with zero attached hydrogens (tertiary/aromatic N) is 6. The Labute approximate surface area is 419 Å². The molecule has 71 heavy (non-hydrogen) atoms. The van der Waals surface area contributed by atoms with Crippen LogP contribution >= 0.6 is 11.6 Å². The number of pyridine rings is 4. The first-order valence-electron chi connectivity index (χ1n) is 22.9. The lowest BCUT2D eigenvalue weighted by Gasteiger charge is -2.16. The van der Waals surface area contributed by atoms with Crippen LogP contribution in [-0.2, 0) is 61.9 Å². The lowest BCUT2D eigenvalue weighted by Crippen LogP contribution is -2.18. The number of amides is 2. The summed E-state index contributed by atoms with van der Waals surface area (Å²) >= 11 is 6.10. The zero-order valence-electron chi connectivity index (χ0n) is 40.3. The molecule has 17 nitrogen and oxygen atoms in total. The molecular formula is C51H56ClN9O8S2. The number of anilines is 5. The van der Waals surface area contributed by atoms with Crippen molar-refractivity contribution in [3.05, 3.63) is 146 Å². The number of nitrogens with one attached hydrogen (secondary N) is 2. The number of hydrogen-bond acceptors (Lipinski definition) is 15. The summed E-state index contributed by atoms with van der Waals surface area (Å²) in [4.78, 5) is 46.3. The second-order valence-electron chi connectivity index (χ2n) is 18.3. The summed E-state index contributed by atoms with van der Waals surface area (Å²) in [5.41, 5.74) is 15.2. The van der Waals surface area contributed by atoms with E-state index in [2.05, 4.69) is 25.6 Å². The smallest absolute Gasteiger partial charge is 0.257 e. The number of ether oxygens (including phenoxy) is 2. The van der Waals surface area contributed by atoms with Crippen LogP contribution in [0.4, 0.5) is 28.6 Å². The average Bonchev–Trinajstić information content (AvgIpc) is 4.25. The predicted octanol–water partition coefficient (Wildman–Crippen LogP) is 7.98. The van der Waals surface area contributed by atoms with Gasteiger partial charge in [-0.3, -0.25) is 19.6 Å². The highest BCUT2D eigenvalue weighted by Crippen LogP contribution is 2.44. The minimum Gasteiger partial charge on any atom is -0.384 e. The Morgan fingerprint density at radius 1 is 0.634 bits per heavy atom. The van der Waals surface area contributed by atoms with Gasteiger partial charge in [0.05, 0.1) is 81.4 Å². The second kappa shape index (κ2) is 21.1. The number of rotatable bonds is 14. The van der Waals surface area contributed by atoms with E-state index in [1.54, 1.807) is 86.9 Å². The van der Waals surface area contributed by atoms with E-state index in [4.69, 9.17) is 31.8 Å². The van der Waals surface area contributed by atoms with Gasteiger partial charge >= 0.3 is 0 Å². The molecule has 0 unspecified atom stereocenters. The van der Waals surface area contributed by atoms with Crippen molar-refractivity contribution >= 4 is 71.7 Å². The largest absolute Gasteiger partial charge is 0.384 e. The van der Waals surface area contributed by atoms with Crippen LogP contribution in [0.1, 0.15) is 103 Å². The monoisotopic (exact) mass is 1020 g/mol. The van der Waals surface area contributed by atoms with Gasteiger partial charge in [-0.2, -0.15) is 0 Å². The van der Waals surface area contributed by atoms with Gasteiger partial charge in [-0.15, -0.1) is 0 Å². The zero-order chi connectivity index (χ0) is 50.8. The zero-order valence-corrected chi connectivity index (χ0v) is 42.7. The Bertz CT molecular complexity index is 3260. The van der Waals surface area contributed by atoms with Crippen molar-refractivity contribution in [1.29, 1.82) is 0 Å². The Morgan fingerprint density at radius 3 is 1.59 bits per heavy atom. The molecule has 6 heterocycles. The topological polar surface area (TPSA) is 229 Å². The number of benzene rings is 2. The molecule has 4 aromatic heterocycles. The normalized spacial score (nSPS) is 15.1. The van der Waals surface area contributed by atoms with Crippen LogP contribution in [0, 0.1) is 0 Å². The number of nitrogen functional groups attached to an aromatic ring is 1. The Kier molecular flexibility index (Phi) is 15.1. The quantitative estimate of drug-likeness (QED) is 0.0879.